The zero-order valence-electron chi connectivity index (χ0n) is 13.2. The normalized spacial score (nSPS) is 19.1. The highest BCUT2D eigenvalue weighted by Crippen LogP contribution is 2.35. The van der Waals surface area contributed by atoms with Crippen molar-refractivity contribution in [2.75, 3.05) is 25.5 Å². The van der Waals surface area contributed by atoms with Crippen LogP contribution in [-0.4, -0.2) is 41.0 Å². The number of aromatic nitrogens is 2. The van der Waals surface area contributed by atoms with Gasteiger partial charge in [0, 0.05) is 17.5 Å². The Morgan fingerprint density at radius 3 is 2.91 bits per heavy atom. The van der Waals surface area contributed by atoms with Crippen LogP contribution >= 0.6 is 11.3 Å². The van der Waals surface area contributed by atoms with Crippen molar-refractivity contribution >= 4 is 27.4 Å². The molecule has 5 heteroatoms. The molecule has 3 aromatic rings. The first kappa shape index (κ1) is 14.6. The Morgan fingerprint density at radius 2 is 2.09 bits per heavy atom. The lowest BCUT2D eigenvalue weighted by Gasteiger charge is -2.30. The van der Waals surface area contributed by atoms with Crippen molar-refractivity contribution in [2.45, 2.75) is 18.9 Å². The second-order valence-corrected chi connectivity index (χ2v) is 7.19. The van der Waals surface area contributed by atoms with Crippen LogP contribution in [0.5, 0.6) is 0 Å². The lowest BCUT2D eigenvalue weighted by molar-refractivity contribution is 0.261. The van der Waals surface area contributed by atoms with Gasteiger partial charge in [-0.25, -0.2) is 9.97 Å². The van der Waals surface area contributed by atoms with Gasteiger partial charge in [0.25, 0.3) is 0 Å². The Balaban J connectivity index is 1.66. The molecule has 3 heterocycles. The molecule has 1 fully saturated rings. The Morgan fingerprint density at radius 1 is 1.22 bits per heavy atom. The molecule has 0 aliphatic carbocycles. The Labute approximate surface area is 140 Å². The summed E-state index contributed by atoms with van der Waals surface area (Å²) in [5, 5.41) is 4.76. The predicted molar refractivity (Wildman–Crippen MR) is 97.0 cm³/mol. The van der Waals surface area contributed by atoms with Crippen molar-refractivity contribution in [1.29, 1.82) is 0 Å². The average molecular weight is 324 g/mol. The van der Waals surface area contributed by atoms with Gasteiger partial charge in [-0.15, -0.1) is 11.3 Å². The van der Waals surface area contributed by atoms with Gasteiger partial charge in [0.05, 0.1) is 5.39 Å². The molecule has 1 aliphatic rings. The van der Waals surface area contributed by atoms with E-state index in [2.05, 4.69) is 57.6 Å². The molecule has 0 bridgehead atoms. The van der Waals surface area contributed by atoms with Crippen molar-refractivity contribution in [3.63, 3.8) is 0 Å². The SMILES string of the molecule is CN1CCCC(Nc2ncnc3sc(-c4ccccc4)cc23)C1. The predicted octanol–water partition coefficient (Wildman–Crippen LogP) is 3.86. The summed E-state index contributed by atoms with van der Waals surface area (Å²) in [5.41, 5.74) is 1.24. The Hall–Kier alpha value is -1.98. The highest BCUT2D eigenvalue weighted by atomic mass is 32.1. The maximum absolute atomic E-state index is 4.50. The van der Waals surface area contributed by atoms with Crippen molar-refractivity contribution in [1.82, 2.24) is 14.9 Å². The van der Waals surface area contributed by atoms with Crippen molar-refractivity contribution in [3.05, 3.63) is 42.7 Å². The largest absolute Gasteiger partial charge is 0.365 e. The molecule has 1 atom stereocenters. The van der Waals surface area contributed by atoms with Crippen LogP contribution in [0.3, 0.4) is 0 Å². The number of thiophene rings is 1. The maximum Gasteiger partial charge on any atom is 0.138 e. The van der Waals surface area contributed by atoms with Crippen LogP contribution in [0.25, 0.3) is 20.7 Å². The highest BCUT2D eigenvalue weighted by molar-refractivity contribution is 7.21. The fourth-order valence-electron chi connectivity index (χ4n) is 3.19. The van der Waals surface area contributed by atoms with Crippen LogP contribution in [0.2, 0.25) is 0 Å². The summed E-state index contributed by atoms with van der Waals surface area (Å²) < 4.78 is 0. The van der Waals surface area contributed by atoms with Crippen LogP contribution < -0.4 is 5.32 Å². The third-order valence-corrected chi connectivity index (χ3v) is 5.45. The average Bonchev–Trinajstić information content (AvgIpc) is 3.01. The minimum absolute atomic E-state index is 0.465. The first-order valence-electron chi connectivity index (χ1n) is 8.04. The minimum Gasteiger partial charge on any atom is -0.365 e. The molecular formula is C18H20N4S. The lowest BCUT2D eigenvalue weighted by atomic mass is 10.1. The highest BCUT2D eigenvalue weighted by Gasteiger charge is 2.19. The quantitative estimate of drug-likeness (QED) is 0.794. The molecule has 4 nitrogen and oxygen atoms in total. The number of hydrogen-bond donors (Lipinski definition) is 1. The number of rotatable bonds is 3. The van der Waals surface area contributed by atoms with E-state index < -0.39 is 0 Å². The van der Waals surface area contributed by atoms with Crippen LogP contribution in [0.4, 0.5) is 5.82 Å². The van der Waals surface area contributed by atoms with Gasteiger partial charge in [0.1, 0.15) is 17.0 Å². The monoisotopic (exact) mass is 324 g/mol. The van der Waals surface area contributed by atoms with Crippen LogP contribution in [0.15, 0.2) is 42.7 Å². The second-order valence-electron chi connectivity index (χ2n) is 6.16. The zero-order chi connectivity index (χ0) is 15.6. The molecule has 1 aromatic carbocycles. The first-order chi connectivity index (χ1) is 11.3. The van der Waals surface area contributed by atoms with Crippen LogP contribution in [0.1, 0.15) is 12.8 Å². The van der Waals surface area contributed by atoms with Gasteiger partial charge in [0.2, 0.25) is 0 Å². The molecule has 0 saturated carbocycles. The standard InChI is InChI=1S/C18H20N4S/c1-22-9-5-8-14(11-22)21-17-15-10-16(13-6-3-2-4-7-13)23-18(15)20-12-19-17/h2-4,6-7,10,12,14H,5,8-9,11H2,1H3,(H,19,20,21). The van der Waals surface area contributed by atoms with Crippen molar-refractivity contribution < 1.29 is 0 Å². The van der Waals surface area contributed by atoms with E-state index in [0.29, 0.717) is 6.04 Å². The smallest absolute Gasteiger partial charge is 0.138 e. The van der Waals surface area contributed by atoms with Gasteiger partial charge in [-0.3, -0.25) is 0 Å². The summed E-state index contributed by atoms with van der Waals surface area (Å²) in [4.78, 5) is 13.6. The summed E-state index contributed by atoms with van der Waals surface area (Å²) >= 11 is 1.73. The van der Waals surface area contributed by atoms with Gasteiger partial charge < -0.3 is 10.2 Å². The molecule has 4 rings (SSSR count). The number of fused-ring (bicyclic) bond motifs is 1. The number of piperidine rings is 1. The second kappa shape index (κ2) is 6.26. The molecule has 1 N–H and O–H groups in total. The first-order valence-corrected chi connectivity index (χ1v) is 8.86. The fourth-order valence-corrected chi connectivity index (χ4v) is 4.20. The summed E-state index contributed by atoms with van der Waals surface area (Å²) in [6, 6.07) is 13.1. The fraction of sp³-hybridized carbons (Fsp3) is 0.333. The van der Waals surface area contributed by atoms with E-state index in [4.69, 9.17) is 0 Å². The molecule has 0 spiro atoms. The maximum atomic E-state index is 4.50. The van der Waals surface area contributed by atoms with E-state index in [1.807, 2.05) is 6.07 Å². The Bertz CT molecular complexity index is 799. The van der Waals surface area contributed by atoms with Crippen molar-refractivity contribution in [3.8, 4) is 10.4 Å². The van der Waals surface area contributed by atoms with Gasteiger partial charge in [-0.2, -0.15) is 0 Å². The molecule has 1 unspecified atom stereocenters. The van der Waals surface area contributed by atoms with E-state index >= 15 is 0 Å². The number of nitrogens with zero attached hydrogens (tertiary/aromatic N) is 3. The van der Waals surface area contributed by atoms with Crippen molar-refractivity contribution in [2.24, 2.45) is 0 Å². The molecule has 2 aromatic heterocycles. The van der Waals surface area contributed by atoms with E-state index in [9.17, 15) is 0 Å². The molecule has 23 heavy (non-hydrogen) atoms. The topological polar surface area (TPSA) is 41.0 Å². The third-order valence-electron chi connectivity index (χ3n) is 4.35. The van der Waals surface area contributed by atoms with Crippen LogP contribution in [0, 0.1) is 0 Å². The van der Waals surface area contributed by atoms with Gasteiger partial charge in [-0.05, 0) is 38.1 Å². The molecular weight excluding hydrogens is 304 g/mol. The summed E-state index contributed by atoms with van der Waals surface area (Å²) in [5.74, 6) is 0.966. The van der Waals surface area contributed by atoms with E-state index in [1.165, 1.54) is 29.8 Å². The third kappa shape index (κ3) is 3.07. The number of anilines is 1. The van der Waals surface area contributed by atoms with Gasteiger partial charge in [-0.1, -0.05) is 30.3 Å². The number of nitrogens with one attached hydrogen (secondary N) is 1. The molecule has 0 radical (unpaired) electrons. The van der Waals surface area contributed by atoms with Gasteiger partial charge >= 0.3 is 0 Å². The summed E-state index contributed by atoms with van der Waals surface area (Å²) in [6.07, 6.45) is 4.11. The summed E-state index contributed by atoms with van der Waals surface area (Å²) in [6.45, 7) is 2.26. The molecule has 0 amide bonds. The van der Waals surface area contributed by atoms with Crippen LogP contribution in [-0.2, 0) is 0 Å². The number of likely N-dealkylation sites (N-methyl/N-ethyl adjacent to an activating group) is 1. The zero-order valence-corrected chi connectivity index (χ0v) is 14.0. The summed E-state index contributed by atoms with van der Waals surface area (Å²) in [7, 11) is 2.18. The van der Waals surface area contributed by atoms with E-state index in [1.54, 1.807) is 17.7 Å². The van der Waals surface area contributed by atoms with E-state index in [-0.39, 0.29) is 0 Å². The molecule has 118 valence electrons. The minimum atomic E-state index is 0.465. The molecule has 1 aliphatic heterocycles. The molecule has 1 saturated heterocycles. The van der Waals surface area contributed by atoms with E-state index in [0.717, 1.165) is 22.6 Å². The van der Waals surface area contributed by atoms with Gasteiger partial charge in [0.15, 0.2) is 0 Å². The number of hydrogen-bond acceptors (Lipinski definition) is 5. The Kier molecular flexibility index (Phi) is 3.97. The number of likely N-dealkylation sites (tertiary alicyclic amines) is 1. The lowest BCUT2D eigenvalue weighted by Crippen LogP contribution is -2.39. The number of benzene rings is 1.